The van der Waals surface area contributed by atoms with Gasteiger partial charge >= 0.3 is 6.18 Å². The highest BCUT2D eigenvalue weighted by molar-refractivity contribution is 5.98. The first-order valence-electron chi connectivity index (χ1n) is 8.86. The van der Waals surface area contributed by atoms with Crippen molar-refractivity contribution in [3.63, 3.8) is 0 Å². The van der Waals surface area contributed by atoms with Gasteiger partial charge in [0.1, 0.15) is 0 Å². The number of hydrogen-bond donors (Lipinski definition) is 0. The number of rotatable bonds is 12. The van der Waals surface area contributed by atoms with E-state index in [-0.39, 0.29) is 0 Å². The van der Waals surface area contributed by atoms with Crippen LogP contribution in [-0.4, -0.2) is 29.7 Å². The molecule has 0 N–H and O–H groups in total. The van der Waals surface area contributed by atoms with E-state index in [1.54, 1.807) is 6.07 Å². The predicted octanol–water partition coefficient (Wildman–Crippen LogP) is 4.22. The van der Waals surface area contributed by atoms with E-state index in [9.17, 15) is 13.2 Å². The minimum atomic E-state index is -4.28. The van der Waals surface area contributed by atoms with Crippen LogP contribution in [0.3, 0.4) is 0 Å². The second-order valence-corrected chi connectivity index (χ2v) is 6.27. The summed E-state index contributed by atoms with van der Waals surface area (Å²) in [5.74, 6) is -0.920. The molecule has 0 amide bonds. The SMILES string of the molecule is CCOC(CCCCCCc1cccc(C(F)(F)F)c1)(O[SiH3])OCC. The Morgan fingerprint density at radius 1 is 0.960 bits per heavy atom. The fraction of sp³-hybridized carbons (Fsp3) is 0.667. The maximum atomic E-state index is 12.7. The van der Waals surface area contributed by atoms with Crippen molar-refractivity contribution < 1.29 is 27.1 Å². The maximum absolute atomic E-state index is 12.7. The topological polar surface area (TPSA) is 27.7 Å². The Balaban J connectivity index is 2.34. The minimum Gasteiger partial charge on any atom is -0.380 e. The van der Waals surface area contributed by atoms with Crippen molar-refractivity contribution in [1.29, 1.82) is 0 Å². The fourth-order valence-electron chi connectivity index (χ4n) is 2.77. The van der Waals surface area contributed by atoms with Crippen LogP contribution in [0.1, 0.15) is 57.1 Å². The number of halogens is 3. The molecular weight excluding hydrogens is 349 g/mol. The molecule has 1 rings (SSSR count). The average molecular weight is 379 g/mol. The van der Waals surface area contributed by atoms with Gasteiger partial charge in [0, 0.05) is 19.6 Å². The molecule has 0 saturated heterocycles. The molecule has 0 aliphatic heterocycles. The third-order valence-electron chi connectivity index (χ3n) is 3.99. The molecule has 0 aliphatic rings. The van der Waals surface area contributed by atoms with E-state index < -0.39 is 17.7 Å². The summed E-state index contributed by atoms with van der Waals surface area (Å²) in [6.07, 6.45) is 0.716. The Kier molecular flexibility index (Phi) is 9.71. The van der Waals surface area contributed by atoms with Crippen LogP contribution in [0.25, 0.3) is 0 Å². The lowest BCUT2D eigenvalue weighted by Crippen LogP contribution is -2.38. The number of aryl methyl sites for hydroxylation is 1. The zero-order chi connectivity index (χ0) is 18.8. The molecule has 3 nitrogen and oxygen atoms in total. The lowest BCUT2D eigenvalue weighted by molar-refractivity contribution is -0.344. The summed E-state index contributed by atoms with van der Waals surface area (Å²) in [6.45, 7) is 4.86. The molecular formula is C18H29F3O3Si. The zero-order valence-electron chi connectivity index (χ0n) is 15.3. The van der Waals surface area contributed by atoms with Crippen molar-refractivity contribution in [2.75, 3.05) is 13.2 Å². The van der Waals surface area contributed by atoms with Crippen molar-refractivity contribution in [1.82, 2.24) is 0 Å². The Morgan fingerprint density at radius 2 is 1.60 bits per heavy atom. The quantitative estimate of drug-likeness (QED) is 0.310. The molecule has 0 spiro atoms. The van der Waals surface area contributed by atoms with Gasteiger partial charge in [0.05, 0.1) is 5.56 Å². The lowest BCUT2D eigenvalue weighted by Gasteiger charge is -2.31. The molecule has 0 aliphatic carbocycles. The van der Waals surface area contributed by atoms with Crippen LogP contribution in [0.15, 0.2) is 24.3 Å². The van der Waals surface area contributed by atoms with Gasteiger partial charge in [-0.25, -0.2) is 0 Å². The summed E-state index contributed by atoms with van der Waals surface area (Å²) in [5, 5.41) is 0. The molecule has 0 heterocycles. The highest BCUT2D eigenvalue weighted by Crippen LogP contribution is 2.30. The Hall–Kier alpha value is -0.893. The van der Waals surface area contributed by atoms with Gasteiger partial charge in [0.2, 0.25) is 0 Å². The van der Waals surface area contributed by atoms with Gasteiger partial charge in [0.25, 0.3) is 5.97 Å². The van der Waals surface area contributed by atoms with Gasteiger partial charge in [0.15, 0.2) is 10.5 Å². The smallest absolute Gasteiger partial charge is 0.380 e. The van der Waals surface area contributed by atoms with Crippen LogP contribution >= 0.6 is 0 Å². The van der Waals surface area contributed by atoms with E-state index in [2.05, 4.69) is 0 Å². The Labute approximate surface area is 151 Å². The van der Waals surface area contributed by atoms with Crippen LogP contribution in [0.2, 0.25) is 0 Å². The molecule has 0 saturated carbocycles. The second kappa shape index (κ2) is 11.0. The standard InChI is InChI=1S/C18H29F3O3Si/c1-3-22-17(24-25,23-4-2)13-8-6-5-7-10-15-11-9-12-16(14-15)18(19,20)21/h9,11-12,14H,3-8,10,13H2,1-2,25H3. The molecule has 0 bridgehead atoms. The van der Waals surface area contributed by atoms with Gasteiger partial charge in [-0.2, -0.15) is 13.2 Å². The van der Waals surface area contributed by atoms with E-state index in [1.807, 2.05) is 13.8 Å². The number of ether oxygens (including phenoxy) is 2. The second-order valence-electron chi connectivity index (χ2n) is 5.87. The van der Waals surface area contributed by atoms with E-state index in [0.717, 1.165) is 37.3 Å². The molecule has 0 radical (unpaired) electrons. The monoisotopic (exact) mass is 378 g/mol. The fourth-order valence-corrected chi connectivity index (χ4v) is 3.21. The summed E-state index contributed by atoms with van der Waals surface area (Å²) in [7, 11) is 0.531. The molecule has 1 aromatic rings. The van der Waals surface area contributed by atoms with Crippen molar-refractivity contribution in [2.24, 2.45) is 0 Å². The summed E-state index contributed by atoms with van der Waals surface area (Å²) in [5.41, 5.74) is 0.156. The van der Waals surface area contributed by atoms with Crippen LogP contribution in [0, 0.1) is 0 Å². The summed E-state index contributed by atoms with van der Waals surface area (Å²) < 4.78 is 54.9. The first-order valence-corrected chi connectivity index (χ1v) is 9.67. The first-order chi connectivity index (χ1) is 11.9. The Bertz CT molecular complexity index is 489. The van der Waals surface area contributed by atoms with Gasteiger partial charge in [-0.3, -0.25) is 0 Å². The number of hydrogen-bond acceptors (Lipinski definition) is 3. The Morgan fingerprint density at radius 3 is 2.16 bits per heavy atom. The minimum absolute atomic E-state index is 0.526. The molecule has 7 heteroatoms. The van der Waals surface area contributed by atoms with Gasteiger partial charge in [-0.05, 0) is 44.7 Å². The van der Waals surface area contributed by atoms with Gasteiger partial charge in [-0.1, -0.05) is 31.0 Å². The highest BCUT2D eigenvalue weighted by Gasteiger charge is 2.31. The largest absolute Gasteiger partial charge is 0.416 e. The van der Waals surface area contributed by atoms with Crippen LogP contribution in [-0.2, 0) is 26.5 Å². The van der Waals surface area contributed by atoms with E-state index in [0.29, 0.717) is 36.5 Å². The molecule has 25 heavy (non-hydrogen) atoms. The number of alkyl halides is 3. The van der Waals surface area contributed by atoms with Gasteiger partial charge < -0.3 is 13.9 Å². The number of unbranched alkanes of at least 4 members (excludes halogenated alkanes) is 3. The third-order valence-corrected chi connectivity index (χ3v) is 4.61. The summed E-state index contributed by atoms with van der Waals surface area (Å²) in [4.78, 5) is 0. The van der Waals surface area contributed by atoms with E-state index in [1.165, 1.54) is 12.1 Å². The van der Waals surface area contributed by atoms with Crippen molar-refractivity contribution in [2.45, 2.75) is 64.5 Å². The molecule has 0 unspecified atom stereocenters. The lowest BCUT2D eigenvalue weighted by atomic mass is 10.0. The normalized spacial score (nSPS) is 12.7. The predicted molar refractivity (Wildman–Crippen MR) is 95.2 cm³/mol. The molecule has 0 aromatic heterocycles. The highest BCUT2D eigenvalue weighted by atomic mass is 28.2. The van der Waals surface area contributed by atoms with Crippen LogP contribution in [0.4, 0.5) is 13.2 Å². The third kappa shape index (κ3) is 7.90. The summed E-state index contributed by atoms with van der Waals surface area (Å²) >= 11 is 0. The summed E-state index contributed by atoms with van der Waals surface area (Å²) in [6, 6.07) is 5.57. The maximum Gasteiger partial charge on any atom is 0.416 e. The van der Waals surface area contributed by atoms with Crippen LogP contribution in [0.5, 0.6) is 0 Å². The number of benzene rings is 1. The molecule has 144 valence electrons. The van der Waals surface area contributed by atoms with Crippen molar-refractivity contribution in [3.05, 3.63) is 35.4 Å². The first kappa shape index (κ1) is 22.1. The van der Waals surface area contributed by atoms with Crippen LogP contribution < -0.4 is 0 Å². The molecule has 0 fully saturated rings. The van der Waals surface area contributed by atoms with Gasteiger partial charge in [-0.15, -0.1) is 0 Å². The van der Waals surface area contributed by atoms with Crippen molar-refractivity contribution in [3.8, 4) is 0 Å². The van der Waals surface area contributed by atoms with Crippen molar-refractivity contribution >= 4 is 10.5 Å². The average Bonchev–Trinajstić information content (AvgIpc) is 2.57. The molecule has 1 aromatic carbocycles. The zero-order valence-corrected chi connectivity index (χ0v) is 17.3. The van der Waals surface area contributed by atoms with E-state index in [4.69, 9.17) is 13.9 Å². The molecule has 0 atom stereocenters. The van der Waals surface area contributed by atoms with E-state index >= 15 is 0 Å².